The van der Waals surface area contributed by atoms with Crippen LogP contribution in [0.3, 0.4) is 0 Å². The van der Waals surface area contributed by atoms with Crippen LogP contribution in [0.15, 0.2) is 255 Å². The first-order valence-corrected chi connectivity index (χ1v) is 25.1. The monoisotopic (exact) mass is 916 g/mol. The van der Waals surface area contributed by atoms with Gasteiger partial charge in [0.1, 0.15) is 0 Å². The fourth-order valence-corrected chi connectivity index (χ4v) is 12.6. The van der Waals surface area contributed by atoms with Crippen molar-refractivity contribution in [1.29, 1.82) is 0 Å². The fraction of sp³-hybridized carbons (Fsp3) is 0.0571. The maximum atomic E-state index is 5.47. The number of hydrogen-bond acceptors (Lipinski definition) is 2. The molecule has 0 atom stereocenters. The lowest BCUT2D eigenvalue weighted by Crippen LogP contribution is -2.28. The second-order valence-electron chi connectivity index (χ2n) is 20.0. The number of benzene rings is 11. The molecule has 12 aromatic rings. The van der Waals surface area contributed by atoms with E-state index in [0.29, 0.717) is 5.82 Å². The van der Waals surface area contributed by atoms with Gasteiger partial charge in [-0.3, -0.25) is 0 Å². The zero-order valence-corrected chi connectivity index (χ0v) is 40.1. The summed E-state index contributed by atoms with van der Waals surface area (Å²) in [7, 11) is 0. The van der Waals surface area contributed by atoms with Crippen LogP contribution in [-0.2, 0) is 10.8 Å². The van der Waals surface area contributed by atoms with Crippen LogP contribution in [0.25, 0.3) is 100.0 Å². The molecular formula is C70H48N2. The van der Waals surface area contributed by atoms with Gasteiger partial charge in [0.15, 0.2) is 5.82 Å². The SMILES string of the molecule is CC1(C)c2cc(-c3cccc(-c4ccc(-c5cc(-c6cccc7c6-c6ccccc6C7(c6ccccc6)c6ccccc6)nc(-c6ccccc6)n5)c5ccccc45)c3)ccc2-c2ccc3ccccc3c21. The standard InChI is InChI=1S/C70H48N2/c1-69(2)63-43-48(37-38-56(63)58-39-36-45-20-12-13-29-53(45)67(58)69)47-23-18-24-49(42-47)52-40-41-57(55-31-15-14-30-54(52)55)64-44-65(72-68(71-64)46-21-6-3-7-22-46)60-33-19-35-62-66(60)59-32-16-17-34-61(59)70(62,50-25-8-4-9-26-50)51-27-10-5-11-28-51/h3-44H,1-2H3. The molecule has 2 aliphatic rings. The molecule has 2 heteroatoms. The quantitative estimate of drug-likeness (QED) is 0.159. The van der Waals surface area contributed by atoms with Crippen LogP contribution in [0, 0.1) is 0 Å². The zero-order valence-electron chi connectivity index (χ0n) is 40.1. The Bertz CT molecular complexity index is 4070. The Morgan fingerprint density at radius 1 is 0.306 bits per heavy atom. The summed E-state index contributed by atoms with van der Waals surface area (Å²) >= 11 is 0. The van der Waals surface area contributed by atoms with Crippen LogP contribution < -0.4 is 0 Å². The van der Waals surface area contributed by atoms with Crippen molar-refractivity contribution in [3.63, 3.8) is 0 Å². The van der Waals surface area contributed by atoms with Crippen molar-refractivity contribution in [1.82, 2.24) is 9.97 Å². The highest BCUT2D eigenvalue weighted by molar-refractivity contribution is 6.06. The van der Waals surface area contributed by atoms with Crippen LogP contribution in [0.1, 0.15) is 47.2 Å². The minimum Gasteiger partial charge on any atom is -0.228 e. The van der Waals surface area contributed by atoms with Crippen molar-refractivity contribution in [3.8, 4) is 78.4 Å². The van der Waals surface area contributed by atoms with Crippen LogP contribution in [0.4, 0.5) is 0 Å². The third kappa shape index (κ3) is 6.28. The molecular weight excluding hydrogens is 869 g/mol. The second kappa shape index (κ2) is 16.3. The largest absolute Gasteiger partial charge is 0.228 e. The normalized spacial score (nSPS) is 13.6. The molecule has 338 valence electrons. The Balaban J connectivity index is 0.911. The molecule has 0 spiro atoms. The Morgan fingerprint density at radius 2 is 0.833 bits per heavy atom. The van der Waals surface area contributed by atoms with E-state index < -0.39 is 5.41 Å². The lowest BCUT2D eigenvalue weighted by molar-refractivity contribution is 0.666. The molecule has 1 aromatic heterocycles. The number of fused-ring (bicyclic) bond motifs is 9. The van der Waals surface area contributed by atoms with E-state index in [9.17, 15) is 0 Å². The molecule has 2 aliphatic carbocycles. The first-order valence-electron chi connectivity index (χ1n) is 25.1. The molecule has 0 radical (unpaired) electrons. The predicted octanol–water partition coefficient (Wildman–Crippen LogP) is 17.8. The van der Waals surface area contributed by atoms with E-state index >= 15 is 0 Å². The van der Waals surface area contributed by atoms with Crippen molar-refractivity contribution < 1.29 is 0 Å². The summed E-state index contributed by atoms with van der Waals surface area (Å²) in [6.07, 6.45) is 0. The molecule has 0 amide bonds. The number of nitrogens with zero attached hydrogens (tertiary/aromatic N) is 2. The van der Waals surface area contributed by atoms with E-state index in [4.69, 9.17) is 9.97 Å². The van der Waals surface area contributed by atoms with Crippen molar-refractivity contribution >= 4 is 21.5 Å². The summed E-state index contributed by atoms with van der Waals surface area (Å²) in [5.74, 6) is 0.694. The van der Waals surface area contributed by atoms with Crippen LogP contribution in [-0.4, -0.2) is 9.97 Å². The molecule has 1 heterocycles. The van der Waals surface area contributed by atoms with Crippen molar-refractivity contribution in [2.24, 2.45) is 0 Å². The topological polar surface area (TPSA) is 25.8 Å². The molecule has 0 saturated heterocycles. The Labute approximate surface area is 420 Å². The van der Waals surface area contributed by atoms with E-state index in [1.807, 2.05) is 0 Å². The summed E-state index contributed by atoms with van der Waals surface area (Å²) in [6.45, 7) is 4.77. The third-order valence-electron chi connectivity index (χ3n) is 15.8. The van der Waals surface area contributed by atoms with E-state index in [-0.39, 0.29) is 5.41 Å². The molecule has 0 aliphatic heterocycles. The smallest absolute Gasteiger partial charge is 0.160 e. The van der Waals surface area contributed by atoms with Crippen LogP contribution in [0.2, 0.25) is 0 Å². The highest BCUT2D eigenvalue weighted by Crippen LogP contribution is 2.58. The minimum atomic E-state index is -0.524. The van der Waals surface area contributed by atoms with Gasteiger partial charge >= 0.3 is 0 Å². The maximum absolute atomic E-state index is 5.47. The number of aromatic nitrogens is 2. The second-order valence-corrected chi connectivity index (χ2v) is 20.0. The summed E-state index contributed by atoms with van der Waals surface area (Å²) in [4.78, 5) is 10.9. The van der Waals surface area contributed by atoms with Gasteiger partial charge in [-0.15, -0.1) is 0 Å². The molecule has 72 heavy (non-hydrogen) atoms. The maximum Gasteiger partial charge on any atom is 0.160 e. The molecule has 0 saturated carbocycles. The van der Waals surface area contributed by atoms with Gasteiger partial charge < -0.3 is 0 Å². The molecule has 0 bridgehead atoms. The molecule has 0 N–H and O–H groups in total. The molecule has 2 nitrogen and oxygen atoms in total. The van der Waals surface area contributed by atoms with E-state index in [1.165, 1.54) is 94.0 Å². The first kappa shape index (κ1) is 41.9. The minimum absolute atomic E-state index is 0.133. The van der Waals surface area contributed by atoms with Crippen molar-refractivity contribution in [2.45, 2.75) is 24.7 Å². The predicted molar refractivity (Wildman–Crippen MR) is 299 cm³/mol. The average molecular weight is 917 g/mol. The van der Waals surface area contributed by atoms with E-state index in [2.05, 4.69) is 269 Å². The molecule has 11 aromatic carbocycles. The zero-order chi connectivity index (χ0) is 48.0. The third-order valence-corrected chi connectivity index (χ3v) is 15.8. The lowest BCUT2D eigenvalue weighted by Gasteiger charge is -2.33. The molecule has 14 rings (SSSR count). The van der Waals surface area contributed by atoms with Gasteiger partial charge in [0.25, 0.3) is 0 Å². The Kier molecular flexibility index (Phi) is 9.50. The van der Waals surface area contributed by atoms with Crippen molar-refractivity contribution in [3.05, 3.63) is 288 Å². The van der Waals surface area contributed by atoms with Gasteiger partial charge in [-0.1, -0.05) is 250 Å². The first-order chi connectivity index (χ1) is 35.5. The summed E-state index contributed by atoms with van der Waals surface area (Å²) < 4.78 is 0. The summed E-state index contributed by atoms with van der Waals surface area (Å²) in [5.41, 5.74) is 21.9. The number of hydrogen-bond donors (Lipinski definition) is 0. The van der Waals surface area contributed by atoms with Crippen LogP contribution in [0.5, 0.6) is 0 Å². The van der Waals surface area contributed by atoms with E-state index in [0.717, 1.165) is 33.5 Å². The highest BCUT2D eigenvalue weighted by atomic mass is 14.9. The van der Waals surface area contributed by atoms with Crippen LogP contribution >= 0.6 is 0 Å². The number of rotatable bonds is 7. The average Bonchev–Trinajstić information content (AvgIpc) is 3.88. The van der Waals surface area contributed by atoms with Gasteiger partial charge in [-0.2, -0.15) is 0 Å². The van der Waals surface area contributed by atoms with E-state index in [1.54, 1.807) is 0 Å². The van der Waals surface area contributed by atoms with Gasteiger partial charge in [0.05, 0.1) is 16.8 Å². The Morgan fingerprint density at radius 3 is 1.60 bits per heavy atom. The van der Waals surface area contributed by atoms with Gasteiger partial charge in [0, 0.05) is 22.1 Å². The van der Waals surface area contributed by atoms with Crippen molar-refractivity contribution in [2.75, 3.05) is 0 Å². The molecule has 0 unspecified atom stereocenters. The van der Waals surface area contributed by atoms with Gasteiger partial charge in [0.2, 0.25) is 0 Å². The van der Waals surface area contributed by atoms with Gasteiger partial charge in [-0.05, 0) is 118 Å². The summed E-state index contributed by atoms with van der Waals surface area (Å²) in [6, 6.07) is 93.3. The Hall–Kier alpha value is -8.98. The molecule has 0 fully saturated rings. The highest BCUT2D eigenvalue weighted by Gasteiger charge is 2.47. The fourth-order valence-electron chi connectivity index (χ4n) is 12.6. The summed E-state index contributed by atoms with van der Waals surface area (Å²) in [5, 5.41) is 4.95. The van der Waals surface area contributed by atoms with Gasteiger partial charge in [-0.25, -0.2) is 9.97 Å². The lowest BCUT2D eigenvalue weighted by atomic mass is 9.67.